The number of amides is 2. The van der Waals surface area contributed by atoms with Gasteiger partial charge in [-0.25, -0.2) is 0 Å². The van der Waals surface area contributed by atoms with Crippen molar-refractivity contribution in [2.75, 3.05) is 19.6 Å². The molecule has 0 unspecified atom stereocenters. The molecule has 1 atom stereocenters. The summed E-state index contributed by atoms with van der Waals surface area (Å²) in [5, 5.41) is 4.30. The molecule has 7 heteroatoms. The minimum Gasteiger partial charge on any atom is -0.341 e. The van der Waals surface area contributed by atoms with Gasteiger partial charge in [0.25, 0.3) is 0 Å². The lowest BCUT2D eigenvalue weighted by atomic mass is 9.78. The number of aromatic nitrogens is 3. The van der Waals surface area contributed by atoms with Crippen molar-refractivity contribution in [3.8, 4) is 0 Å². The Morgan fingerprint density at radius 2 is 2.15 bits per heavy atom. The first-order valence-corrected chi connectivity index (χ1v) is 9.50. The smallest absolute Gasteiger partial charge is 0.230 e. The number of carbonyl (C=O) groups is 2. The second-order valence-electron chi connectivity index (χ2n) is 7.69. The Morgan fingerprint density at radius 3 is 2.89 bits per heavy atom. The summed E-state index contributed by atoms with van der Waals surface area (Å²) in [6.07, 6.45) is 8.25. The molecule has 142 valence electrons. The van der Waals surface area contributed by atoms with Gasteiger partial charge in [-0.3, -0.25) is 19.3 Å². The van der Waals surface area contributed by atoms with Crippen LogP contribution in [0.25, 0.3) is 0 Å². The number of hydrogen-bond donors (Lipinski definition) is 0. The number of likely N-dealkylation sites (tertiary alicyclic amines) is 2. The molecule has 27 heavy (non-hydrogen) atoms. The molecular formula is C20H25N5O2. The zero-order valence-corrected chi connectivity index (χ0v) is 15.7. The first kappa shape index (κ1) is 17.7. The largest absolute Gasteiger partial charge is 0.341 e. The second-order valence-corrected chi connectivity index (χ2v) is 7.69. The predicted octanol–water partition coefficient (Wildman–Crippen LogP) is 1.40. The van der Waals surface area contributed by atoms with Gasteiger partial charge in [0.15, 0.2) is 0 Å². The average molecular weight is 367 g/mol. The van der Waals surface area contributed by atoms with E-state index in [0.717, 1.165) is 43.6 Å². The van der Waals surface area contributed by atoms with Crippen LogP contribution in [0.15, 0.2) is 36.8 Å². The number of carbonyl (C=O) groups excluding carboxylic acids is 2. The van der Waals surface area contributed by atoms with Crippen molar-refractivity contribution in [1.82, 2.24) is 24.6 Å². The molecule has 4 rings (SSSR count). The lowest BCUT2D eigenvalue weighted by Gasteiger charge is -2.39. The molecule has 0 aliphatic carbocycles. The molecular weight excluding hydrogens is 342 g/mol. The Morgan fingerprint density at radius 1 is 1.26 bits per heavy atom. The number of aryl methyl sites for hydroxylation is 1. The molecule has 2 aromatic rings. The van der Waals surface area contributed by atoms with Crippen LogP contribution in [-0.2, 0) is 29.6 Å². The van der Waals surface area contributed by atoms with Crippen LogP contribution in [0.1, 0.15) is 30.5 Å². The molecule has 7 nitrogen and oxygen atoms in total. The Labute approximate surface area is 159 Å². The van der Waals surface area contributed by atoms with Crippen LogP contribution in [0, 0.1) is 5.41 Å². The van der Waals surface area contributed by atoms with Gasteiger partial charge in [0.05, 0.1) is 17.5 Å². The van der Waals surface area contributed by atoms with Crippen LogP contribution < -0.4 is 0 Å². The van der Waals surface area contributed by atoms with E-state index >= 15 is 0 Å². The minimum absolute atomic E-state index is 0.0614. The Hall–Kier alpha value is -2.70. The van der Waals surface area contributed by atoms with E-state index in [9.17, 15) is 9.59 Å². The fraction of sp³-hybridized carbons (Fsp3) is 0.500. The van der Waals surface area contributed by atoms with Crippen molar-refractivity contribution in [2.45, 2.75) is 32.2 Å². The van der Waals surface area contributed by atoms with E-state index < -0.39 is 5.41 Å². The zero-order chi connectivity index (χ0) is 18.9. The van der Waals surface area contributed by atoms with Crippen molar-refractivity contribution in [3.63, 3.8) is 0 Å². The van der Waals surface area contributed by atoms with E-state index in [2.05, 4.69) is 10.1 Å². The van der Waals surface area contributed by atoms with Crippen LogP contribution in [0.2, 0.25) is 0 Å². The quantitative estimate of drug-likeness (QED) is 0.819. The highest BCUT2D eigenvalue weighted by Gasteiger charge is 2.49. The van der Waals surface area contributed by atoms with Crippen molar-refractivity contribution in [2.24, 2.45) is 12.5 Å². The van der Waals surface area contributed by atoms with Crippen LogP contribution in [0.3, 0.4) is 0 Å². The SMILES string of the molecule is Cn1ccc(CC(=O)N2CCC[C@@]3(CCN(Cc4cccnc4)C3=O)C2)n1. The van der Waals surface area contributed by atoms with Gasteiger partial charge in [-0.15, -0.1) is 0 Å². The monoisotopic (exact) mass is 367 g/mol. The summed E-state index contributed by atoms with van der Waals surface area (Å²) < 4.78 is 1.71. The van der Waals surface area contributed by atoms with E-state index in [1.165, 1.54) is 0 Å². The topological polar surface area (TPSA) is 71.3 Å². The molecule has 2 fully saturated rings. The van der Waals surface area contributed by atoms with Crippen molar-refractivity contribution in [1.29, 1.82) is 0 Å². The van der Waals surface area contributed by atoms with E-state index in [1.807, 2.05) is 47.4 Å². The number of nitrogens with zero attached hydrogens (tertiary/aromatic N) is 5. The van der Waals surface area contributed by atoms with Gasteiger partial charge in [-0.2, -0.15) is 5.10 Å². The number of piperidine rings is 1. The maximum Gasteiger partial charge on any atom is 0.230 e. The van der Waals surface area contributed by atoms with Gasteiger partial charge in [0, 0.05) is 51.8 Å². The third-order valence-electron chi connectivity index (χ3n) is 5.73. The predicted molar refractivity (Wildman–Crippen MR) is 99.4 cm³/mol. The number of rotatable bonds is 4. The fourth-order valence-electron chi connectivity index (χ4n) is 4.30. The van der Waals surface area contributed by atoms with E-state index in [-0.39, 0.29) is 11.8 Å². The molecule has 2 saturated heterocycles. The molecule has 1 spiro atoms. The summed E-state index contributed by atoms with van der Waals surface area (Å²) in [6.45, 7) is 2.59. The zero-order valence-electron chi connectivity index (χ0n) is 15.7. The molecule has 2 amide bonds. The third kappa shape index (κ3) is 3.59. The van der Waals surface area contributed by atoms with E-state index in [0.29, 0.717) is 19.5 Å². The summed E-state index contributed by atoms with van der Waals surface area (Å²) in [5.74, 6) is 0.243. The fourth-order valence-corrected chi connectivity index (χ4v) is 4.30. The van der Waals surface area contributed by atoms with Gasteiger partial charge in [0.2, 0.25) is 11.8 Å². The standard InChI is InChI=1S/C20H25N5O2/c1-23-10-5-17(22-23)12-18(26)25-9-3-6-20(15-25)7-11-24(19(20)27)14-16-4-2-8-21-13-16/h2,4-5,8,10,13H,3,6-7,9,11-12,14-15H2,1H3/t20-/m1/s1. The third-order valence-corrected chi connectivity index (χ3v) is 5.73. The lowest BCUT2D eigenvalue weighted by molar-refractivity contribution is -0.143. The molecule has 0 radical (unpaired) electrons. The number of hydrogen-bond acceptors (Lipinski definition) is 4. The van der Waals surface area contributed by atoms with E-state index in [1.54, 1.807) is 10.9 Å². The minimum atomic E-state index is -0.416. The molecule has 2 aliphatic rings. The molecule has 0 bridgehead atoms. The molecule has 0 N–H and O–H groups in total. The maximum absolute atomic E-state index is 13.2. The van der Waals surface area contributed by atoms with Gasteiger partial charge in [-0.1, -0.05) is 6.07 Å². The second kappa shape index (κ2) is 7.13. The van der Waals surface area contributed by atoms with Crippen molar-refractivity contribution in [3.05, 3.63) is 48.0 Å². The van der Waals surface area contributed by atoms with Gasteiger partial charge >= 0.3 is 0 Å². The normalized spacial score (nSPS) is 22.6. The molecule has 0 aromatic carbocycles. The Balaban J connectivity index is 1.42. The highest BCUT2D eigenvalue weighted by Crippen LogP contribution is 2.40. The van der Waals surface area contributed by atoms with Crippen LogP contribution in [-0.4, -0.2) is 56.0 Å². The average Bonchev–Trinajstić information content (AvgIpc) is 3.21. The summed E-state index contributed by atoms with van der Waals surface area (Å²) in [7, 11) is 1.85. The molecule has 0 saturated carbocycles. The Bertz CT molecular complexity index is 834. The Kier molecular flexibility index (Phi) is 4.68. The summed E-state index contributed by atoms with van der Waals surface area (Å²) in [5.41, 5.74) is 1.40. The highest BCUT2D eigenvalue weighted by atomic mass is 16.2. The van der Waals surface area contributed by atoms with Gasteiger partial charge in [-0.05, 0) is 37.0 Å². The lowest BCUT2D eigenvalue weighted by Crippen LogP contribution is -2.50. The van der Waals surface area contributed by atoms with Crippen LogP contribution in [0.5, 0.6) is 0 Å². The molecule has 4 heterocycles. The highest BCUT2D eigenvalue weighted by molar-refractivity contribution is 5.86. The maximum atomic E-state index is 13.2. The van der Waals surface area contributed by atoms with E-state index in [4.69, 9.17) is 0 Å². The van der Waals surface area contributed by atoms with Gasteiger partial charge in [0.1, 0.15) is 0 Å². The first-order chi connectivity index (χ1) is 13.1. The van der Waals surface area contributed by atoms with Crippen LogP contribution >= 0.6 is 0 Å². The first-order valence-electron chi connectivity index (χ1n) is 9.50. The van der Waals surface area contributed by atoms with Crippen LogP contribution in [0.4, 0.5) is 0 Å². The molecule has 2 aromatic heterocycles. The number of pyridine rings is 1. The molecule has 2 aliphatic heterocycles. The van der Waals surface area contributed by atoms with Gasteiger partial charge < -0.3 is 9.80 Å². The summed E-state index contributed by atoms with van der Waals surface area (Å²) in [4.78, 5) is 33.8. The summed E-state index contributed by atoms with van der Waals surface area (Å²) >= 11 is 0. The summed E-state index contributed by atoms with van der Waals surface area (Å²) in [6, 6.07) is 5.76. The van der Waals surface area contributed by atoms with Crippen molar-refractivity contribution >= 4 is 11.8 Å². The van der Waals surface area contributed by atoms with Crippen molar-refractivity contribution < 1.29 is 9.59 Å².